The lowest BCUT2D eigenvalue weighted by Gasteiger charge is -2.40. The molecule has 2 aliphatic rings. The van der Waals surface area contributed by atoms with Crippen molar-refractivity contribution in [2.75, 3.05) is 39.3 Å². The highest BCUT2D eigenvalue weighted by Gasteiger charge is 2.30. The van der Waals surface area contributed by atoms with Gasteiger partial charge in [-0.3, -0.25) is 4.90 Å². The molecule has 1 aliphatic heterocycles. The Kier molecular flexibility index (Phi) is 6.48. The summed E-state index contributed by atoms with van der Waals surface area (Å²) >= 11 is 0. The molecule has 3 aromatic carbocycles. The van der Waals surface area contributed by atoms with Crippen LogP contribution in [-0.4, -0.2) is 54.1 Å². The molecule has 0 atom stereocenters. The van der Waals surface area contributed by atoms with Crippen molar-refractivity contribution < 1.29 is 4.74 Å². The van der Waals surface area contributed by atoms with Gasteiger partial charge in [0.2, 0.25) is 5.88 Å². The summed E-state index contributed by atoms with van der Waals surface area (Å²) in [5.41, 5.74) is 7.01. The first-order valence-corrected chi connectivity index (χ1v) is 13.0. The molecule has 4 aromatic rings. The number of ether oxygens (including phenoxy) is 1. The Morgan fingerprint density at radius 3 is 2.11 bits per heavy atom. The monoisotopic (exact) mass is 463 g/mol. The quantitative estimate of drug-likeness (QED) is 0.353. The van der Waals surface area contributed by atoms with Gasteiger partial charge in [0.1, 0.15) is 0 Å². The van der Waals surface area contributed by atoms with E-state index < -0.39 is 0 Å². The van der Waals surface area contributed by atoms with Crippen LogP contribution in [0.25, 0.3) is 10.9 Å². The third kappa shape index (κ3) is 4.82. The van der Waals surface area contributed by atoms with Crippen LogP contribution in [0.3, 0.4) is 0 Å². The van der Waals surface area contributed by atoms with Crippen LogP contribution >= 0.6 is 0 Å². The normalized spacial score (nSPS) is 17.0. The second-order valence-corrected chi connectivity index (χ2v) is 9.72. The molecule has 1 saturated heterocycles. The predicted molar refractivity (Wildman–Crippen MR) is 142 cm³/mol. The van der Waals surface area contributed by atoms with Gasteiger partial charge in [-0.15, -0.1) is 0 Å². The molecule has 0 radical (unpaired) electrons. The van der Waals surface area contributed by atoms with E-state index in [1.54, 1.807) is 0 Å². The van der Waals surface area contributed by atoms with E-state index >= 15 is 0 Å². The van der Waals surface area contributed by atoms with Gasteiger partial charge < -0.3 is 9.64 Å². The highest BCUT2D eigenvalue weighted by molar-refractivity contribution is 5.78. The Bertz CT molecular complexity index is 1250. The van der Waals surface area contributed by atoms with Crippen molar-refractivity contribution in [1.82, 2.24) is 14.8 Å². The van der Waals surface area contributed by atoms with E-state index in [1.165, 1.54) is 22.3 Å². The fourth-order valence-corrected chi connectivity index (χ4v) is 5.73. The first-order chi connectivity index (χ1) is 17.3. The molecule has 35 heavy (non-hydrogen) atoms. The molecule has 4 heteroatoms. The molecule has 0 saturated carbocycles. The minimum absolute atomic E-state index is 0.370. The second-order valence-electron chi connectivity index (χ2n) is 9.72. The van der Waals surface area contributed by atoms with Gasteiger partial charge in [0.05, 0.1) is 18.2 Å². The summed E-state index contributed by atoms with van der Waals surface area (Å²) in [7, 11) is 0. The van der Waals surface area contributed by atoms with E-state index in [0.717, 1.165) is 68.8 Å². The molecule has 0 unspecified atom stereocenters. The summed E-state index contributed by atoms with van der Waals surface area (Å²) in [6, 6.07) is 30.8. The van der Waals surface area contributed by atoms with Crippen LogP contribution in [0.15, 0.2) is 84.9 Å². The first-order valence-electron chi connectivity index (χ1n) is 13.0. The van der Waals surface area contributed by atoms with Crippen LogP contribution in [0.5, 0.6) is 5.88 Å². The summed E-state index contributed by atoms with van der Waals surface area (Å²) in [6.07, 6.45) is 3.29. The van der Waals surface area contributed by atoms with E-state index in [0.29, 0.717) is 12.6 Å². The van der Waals surface area contributed by atoms with E-state index in [-0.39, 0.29) is 0 Å². The zero-order chi connectivity index (χ0) is 23.5. The van der Waals surface area contributed by atoms with Gasteiger partial charge in [-0.2, -0.15) is 0 Å². The summed E-state index contributed by atoms with van der Waals surface area (Å²) in [6.45, 7) is 6.18. The maximum atomic E-state index is 5.97. The van der Waals surface area contributed by atoms with Crippen molar-refractivity contribution >= 4 is 10.9 Å². The first kappa shape index (κ1) is 22.3. The Balaban J connectivity index is 1.05. The molecule has 0 amide bonds. The number of hydrogen-bond acceptors (Lipinski definition) is 4. The second kappa shape index (κ2) is 10.2. The largest absolute Gasteiger partial charge is 0.478 e. The molecule has 4 nitrogen and oxygen atoms in total. The lowest BCUT2D eigenvalue weighted by molar-refractivity contribution is 0.104. The SMILES string of the molecule is c1ccc2c(c1)CCc1ccccc1C2N1CCN(CCCOc2ccc3ccccc3n2)CC1. The molecule has 0 N–H and O–H groups in total. The highest BCUT2D eigenvalue weighted by atomic mass is 16.5. The Labute approximate surface area is 208 Å². The fourth-order valence-electron chi connectivity index (χ4n) is 5.73. The van der Waals surface area contributed by atoms with Gasteiger partial charge >= 0.3 is 0 Å². The third-order valence-electron chi connectivity index (χ3n) is 7.58. The molecular formula is C31H33N3O. The van der Waals surface area contributed by atoms with Gasteiger partial charge in [0.25, 0.3) is 0 Å². The van der Waals surface area contributed by atoms with Crippen molar-refractivity contribution in [2.45, 2.75) is 25.3 Å². The zero-order valence-corrected chi connectivity index (χ0v) is 20.3. The summed E-state index contributed by atoms with van der Waals surface area (Å²) in [5.74, 6) is 0.721. The van der Waals surface area contributed by atoms with Crippen molar-refractivity contribution in [1.29, 1.82) is 0 Å². The van der Waals surface area contributed by atoms with Crippen LogP contribution in [0.2, 0.25) is 0 Å². The van der Waals surface area contributed by atoms with Crippen LogP contribution in [-0.2, 0) is 12.8 Å². The van der Waals surface area contributed by atoms with Crippen LogP contribution in [0.4, 0.5) is 0 Å². The van der Waals surface area contributed by atoms with Crippen molar-refractivity contribution in [2.24, 2.45) is 0 Å². The highest BCUT2D eigenvalue weighted by Crippen LogP contribution is 2.37. The number of para-hydroxylation sites is 1. The van der Waals surface area contributed by atoms with E-state index in [2.05, 4.69) is 75.4 Å². The molecule has 2 heterocycles. The zero-order valence-electron chi connectivity index (χ0n) is 20.3. The number of piperazine rings is 1. The molecule has 6 rings (SSSR count). The molecular weight excluding hydrogens is 430 g/mol. The molecule has 0 bridgehead atoms. The number of nitrogens with zero attached hydrogens (tertiary/aromatic N) is 3. The summed E-state index contributed by atoms with van der Waals surface area (Å²) in [4.78, 5) is 9.91. The minimum Gasteiger partial charge on any atom is -0.478 e. The Morgan fingerprint density at radius 1 is 0.714 bits per heavy atom. The number of aromatic nitrogens is 1. The third-order valence-corrected chi connectivity index (χ3v) is 7.58. The van der Waals surface area contributed by atoms with E-state index in [1.807, 2.05) is 24.3 Å². The van der Waals surface area contributed by atoms with Crippen molar-refractivity contribution in [3.05, 3.63) is 107 Å². The van der Waals surface area contributed by atoms with Crippen LogP contribution < -0.4 is 4.74 Å². The molecule has 0 spiro atoms. The minimum atomic E-state index is 0.370. The maximum Gasteiger partial charge on any atom is 0.213 e. The van der Waals surface area contributed by atoms with Gasteiger partial charge in [0, 0.05) is 44.2 Å². The number of pyridine rings is 1. The standard InChI is InChI=1S/C31H33N3O/c1-4-11-27-24(8-1)14-15-25-9-2-5-12-28(25)31(27)34-21-19-33(20-22-34)18-7-23-35-30-17-16-26-10-3-6-13-29(26)32-30/h1-6,8-13,16-17,31H,7,14-15,18-23H2. The number of aryl methyl sites for hydroxylation is 2. The molecule has 1 aromatic heterocycles. The summed E-state index contributed by atoms with van der Waals surface area (Å²) in [5, 5.41) is 1.15. The average Bonchev–Trinajstić information content (AvgIpc) is 3.08. The van der Waals surface area contributed by atoms with E-state index in [4.69, 9.17) is 4.74 Å². The van der Waals surface area contributed by atoms with Crippen molar-refractivity contribution in [3.8, 4) is 5.88 Å². The van der Waals surface area contributed by atoms with Crippen molar-refractivity contribution in [3.63, 3.8) is 0 Å². The van der Waals surface area contributed by atoms with E-state index in [9.17, 15) is 0 Å². The summed E-state index contributed by atoms with van der Waals surface area (Å²) < 4.78 is 5.97. The lowest BCUT2D eigenvalue weighted by atomic mass is 9.92. The van der Waals surface area contributed by atoms with Gasteiger partial charge in [0.15, 0.2) is 0 Å². The topological polar surface area (TPSA) is 28.6 Å². The smallest absolute Gasteiger partial charge is 0.213 e. The fraction of sp³-hybridized carbons (Fsp3) is 0.323. The number of fused-ring (bicyclic) bond motifs is 3. The number of benzene rings is 3. The number of rotatable bonds is 6. The lowest BCUT2D eigenvalue weighted by Crippen LogP contribution is -2.48. The van der Waals surface area contributed by atoms with Gasteiger partial charge in [-0.25, -0.2) is 4.98 Å². The van der Waals surface area contributed by atoms with Gasteiger partial charge in [-0.1, -0.05) is 66.7 Å². The Hall–Kier alpha value is -3.21. The molecule has 1 fully saturated rings. The molecule has 178 valence electrons. The predicted octanol–water partition coefficient (Wildman–Crippen LogP) is 5.51. The maximum absolute atomic E-state index is 5.97. The Morgan fingerprint density at radius 2 is 1.37 bits per heavy atom. The van der Waals surface area contributed by atoms with Crippen LogP contribution in [0, 0.1) is 0 Å². The van der Waals surface area contributed by atoms with Gasteiger partial charge in [-0.05, 0) is 53.6 Å². The molecule has 1 aliphatic carbocycles. The average molecular weight is 464 g/mol. The van der Waals surface area contributed by atoms with Crippen LogP contribution in [0.1, 0.15) is 34.7 Å². The number of hydrogen-bond donors (Lipinski definition) is 0.